The SMILES string of the molecule is [C-]#CC1=C[C@H]([Si](C)(C)C)[C@H]2OC(C)(C)O[C@@H]12.[Li+]. The van der Waals surface area contributed by atoms with Crippen LogP contribution in [0.5, 0.6) is 0 Å². The van der Waals surface area contributed by atoms with Gasteiger partial charge in [-0.15, -0.1) is 5.57 Å². The molecule has 1 aliphatic carbocycles. The molecule has 0 unspecified atom stereocenters. The molecule has 4 heteroatoms. The van der Waals surface area contributed by atoms with Gasteiger partial charge in [-0.05, 0) is 19.4 Å². The monoisotopic (exact) mass is 242 g/mol. The van der Waals surface area contributed by atoms with Gasteiger partial charge in [0.2, 0.25) is 0 Å². The average Bonchev–Trinajstić information content (AvgIpc) is 2.55. The second kappa shape index (κ2) is 4.61. The third-order valence-corrected chi connectivity index (χ3v) is 5.79. The van der Waals surface area contributed by atoms with Crippen LogP contribution in [0.25, 0.3) is 0 Å². The molecular weight excluding hydrogens is 223 g/mol. The van der Waals surface area contributed by atoms with Crippen LogP contribution >= 0.6 is 0 Å². The normalized spacial score (nSPS) is 34.6. The van der Waals surface area contributed by atoms with Crippen LogP contribution in [0, 0.1) is 12.3 Å². The van der Waals surface area contributed by atoms with Gasteiger partial charge in [0, 0.05) is 0 Å². The van der Waals surface area contributed by atoms with Crippen molar-refractivity contribution in [1.82, 2.24) is 0 Å². The molecule has 0 aromatic heterocycles. The third-order valence-electron chi connectivity index (χ3n) is 3.29. The standard InChI is InChI=1S/C13H19O2Si.Li/c1-7-9-8-10(16(4,5)6)12-11(9)14-13(2,3)15-12;/h8,10-12H,2-6H3;/q-1;+1/t10-,11-,12+;/m0./s1. The molecule has 0 aromatic carbocycles. The van der Waals surface area contributed by atoms with Gasteiger partial charge in [0.25, 0.3) is 0 Å². The molecule has 1 fully saturated rings. The van der Waals surface area contributed by atoms with Crippen LogP contribution in [0.2, 0.25) is 25.2 Å². The van der Waals surface area contributed by atoms with Crippen molar-refractivity contribution >= 4 is 8.07 Å². The summed E-state index contributed by atoms with van der Waals surface area (Å²) in [6.45, 7) is 10.9. The molecule has 0 radical (unpaired) electrons. The Hall–Kier alpha value is 0.0343. The summed E-state index contributed by atoms with van der Waals surface area (Å²) < 4.78 is 11.8. The van der Waals surface area contributed by atoms with Crippen molar-refractivity contribution < 1.29 is 28.3 Å². The van der Waals surface area contributed by atoms with Crippen LogP contribution in [0.3, 0.4) is 0 Å². The molecule has 0 spiro atoms. The number of ether oxygens (including phenoxy) is 2. The maximum atomic E-state index is 7.34. The molecule has 88 valence electrons. The smallest absolute Gasteiger partial charge is 0.366 e. The molecule has 1 aliphatic heterocycles. The molecule has 3 atom stereocenters. The van der Waals surface area contributed by atoms with Crippen LogP contribution in [0.1, 0.15) is 13.8 Å². The average molecular weight is 242 g/mol. The van der Waals surface area contributed by atoms with Crippen molar-refractivity contribution in [3.63, 3.8) is 0 Å². The fraction of sp³-hybridized carbons (Fsp3) is 0.692. The summed E-state index contributed by atoms with van der Waals surface area (Å²) in [5, 5.41) is 0. The van der Waals surface area contributed by atoms with E-state index in [1.807, 2.05) is 13.8 Å². The van der Waals surface area contributed by atoms with E-state index in [9.17, 15) is 0 Å². The Bertz CT molecular complexity index is 376. The minimum absolute atomic E-state index is 0. The second-order valence-electron chi connectivity index (χ2n) is 6.16. The van der Waals surface area contributed by atoms with Gasteiger partial charge >= 0.3 is 18.9 Å². The minimum atomic E-state index is -1.34. The first-order valence-corrected chi connectivity index (χ1v) is 9.32. The topological polar surface area (TPSA) is 18.5 Å². The van der Waals surface area contributed by atoms with Gasteiger partial charge in [-0.1, -0.05) is 19.6 Å². The van der Waals surface area contributed by atoms with Gasteiger partial charge in [0.1, 0.15) is 0 Å². The summed E-state index contributed by atoms with van der Waals surface area (Å²) in [6.07, 6.45) is 9.49. The largest absolute Gasteiger partial charge is 1.00 e. The van der Waals surface area contributed by atoms with E-state index in [1.54, 1.807) is 0 Å². The van der Waals surface area contributed by atoms with Gasteiger partial charge in [-0.3, -0.25) is 5.92 Å². The molecule has 17 heavy (non-hydrogen) atoms. The van der Waals surface area contributed by atoms with Gasteiger partial charge in [0.15, 0.2) is 5.79 Å². The zero-order valence-electron chi connectivity index (χ0n) is 11.6. The first-order chi connectivity index (χ1) is 7.24. The van der Waals surface area contributed by atoms with Crippen molar-refractivity contribution in [2.45, 2.75) is 57.0 Å². The maximum absolute atomic E-state index is 7.34. The Morgan fingerprint density at radius 1 is 1.29 bits per heavy atom. The van der Waals surface area contributed by atoms with Crippen molar-refractivity contribution in [3.05, 3.63) is 18.1 Å². The number of hydrogen-bond donors (Lipinski definition) is 0. The van der Waals surface area contributed by atoms with Crippen molar-refractivity contribution in [2.75, 3.05) is 0 Å². The summed E-state index contributed by atoms with van der Waals surface area (Å²) in [5.41, 5.74) is 1.29. The molecule has 1 saturated heterocycles. The van der Waals surface area contributed by atoms with Crippen LogP contribution in [0.4, 0.5) is 0 Å². The van der Waals surface area contributed by atoms with E-state index in [1.165, 1.54) is 0 Å². The molecule has 2 aliphatic rings. The van der Waals surface area contributed by atoms with E-state index in [2.05, 4.69) is 31.6 Å². The van der Waals surface area contributed by atoms with Crippen molar-refractivity contribution in [2.24, 2.45) is 0 Å². The summed E-state index contributed by atoms with van der Waals surface area (Å²) in [5.74, 6) is 1.98. The fourth-order valence-electron chi connectivity index (χ4n) is 2.53. The van der Waals surface area contributed by atoms with Crippen LogP contribution < -0.4 is 18.9 Å². The predicted octanol–water partition coefficient (Wildman–Crippen LogP) is -0.251. The quantitative estimate of drug-likeness (QED) is 0.359. The van der Waals surface area contributed by atoms with Gasteiger partial charge in [-0.2, -0.15) is 6.08 Å². The molecule has 0 aromatic rings. The zero-order chi connectivity index (χ0) is 12.1. The van der Waals surface area contributed by atoms with E-state index < -0.39 is 13.9 Å². The van der Waals surface area contributed by atoms with Gasteiger partial charge in [0.05, 0.1) is 20.3 Å². The Labute approximate surface area is 117 Å². The van der Waals surface area contributed by atoms with E-state index in [-0.39, 0.29) is 31.1 Å². The van der Waals surface area contributed by atoms with Crippen LogP contribution in [0.15, 0.2) is 11.6 Å². The van der Waals surface area contributed by atoms with Gasteiger partial charge < -0.3 is 15.9 Å². The van der Waals surface area contributed by atoms with Crippen molar-refractivity contribution in [3.8, 4) is 5.92 Å². The molecule has 2 nitrogen and oxygen atoms in total. The van der Waals surface area contributed by atoms with E-state index in [0.717, 1.165) is 5.57 Å². The van der Waals surface area contributed by atoms with Crippen LogP contribution in [-0.2, 0) is 9.47 Å². The second-order valence-corrected chi connectivity index (χ2v) is 11.6. The first kappa shape index (κ1) is 15.1. The maximum Gasteiger partial charge on any atom is 1.00 e. The number of rotatable bonds is 1. The number of fused-ring (bicyclic) bond motifs is 1. The molecule has 2 rings (SSSR count). The van der Waals surface area contributed by atoms with E-state index in [0.29, 0.717) is 5.54 Å². The third kappa shape index (κ3) is 2.73. The summed E-state index contributed by atoms with van der Waals surface area (Å²) in [7, 11) is -1.34. The molecule has 0 N–H and O–H groups in total. The van der Waals surface area contributed by atoms with E-state index in [4.69, 9.17) is 15.9 Å². The minimum Gasteiger partial charge on any atom is -0.366 e. The Morgan fingerprint density at radius 3 is 2.35 bits per heavy atom. The summed E-state index contributed by atoms with van der Waals surface area (Å²) in [4.78, 5) is 0. The molecule has 0 bridgehead atoms. The van der Waals surface area contributed by atoms with Crippen molar-refractivity contribution in [1.29, 1.82) is 0 Å². The molecule has 1 heterocycles. The fourth-order valence-corrected chi connectivity index (χ4v) is 4.44. The summed E-state index contributed by atoms with van der Waals surface area (Å²) >= 11 is 0. The first-order valence-electron chi connectivity index (χ1n) is 5.75. The Kier molecular flexibility index (Phi) is 4.09. The van der Waals surface area contributed by atoms with Gasteiger partial charge in [-0.25, -0.2) is 0 Å². The molecule has 0 saturated carbocycles. The zero-order valence-corrected chi connectivity index (χ0v) is 12.6. The Balaban J connectivity index is 0.00000144. The predicted molar refractivity (Wildman–Crippen MR) is 66.1 cm³/mol. The Morgan fingerprint density at radius 2 is 1.88 bits per heavy atom. The van der Waals surface area contributed by atoms with Crippen LogP contribution in [-0.4, -0.2) is 26.1 Å². The molecular formula is C13H19LiO2Si. The number of hydrogen-bond acceptors (Lipinski definition) is 2. The molecule has 0 amide bonds. The summed E-state index contributed by atoms with van der Waals surface area (Å²) in [6, 6.07) is 0. The van der Waals surface area contributed by atoms with E-state index >= 15 is 0 Å².